The number of aromatic nitrogens is 4. The second-order valence-electron chi connectivity index (χ2n) is 7.32. The van der Waals surface area contributed by atoms with E-state index in [0.717, 1.165) is 23.4 Å². The highest BCUT2D eigenvalue weighted by Crippen LogP contribution is 2.22. The summed E-state index contributed by atoms with van der Waals surface area (Å²) in [7, 11) is 0. The van der Waals surface area contributed by atoms with E-state index in [1.807, 2.05) is 19.9 Å². The number of aryl methyl sites for hydroxylation is 3. The first kappa shape index (κ1) is 21.3. The number of hydrogen-bond donors (Lipinski definition) is 1. The lowest BCUT2D eigenvalue weighted by atomic mass is 9.99. The van der Waals surface area contributed by atoms with E-state index in [9.17, 15) is 4.79 Å². The maximum absolute atomic E-state index is 12.3. The number of benzene rings is 2. The van der Waals surface area contributed by atoms with Gasteiger partial charge in [-0.05, 0) is 55.7 Å². The molecule has 2 aromatic carbocycles. The van der Waals surface area contributed by atoms with Crippen LogP contribution in [-0.4, -0.2) is 31.2 Å². The zero-order valence-electron chi connectivity index (χ0n) is 17.5. The summed E-state index contributed by atoms with van der Waals surface area (Å²) in [5.74, 6) is 0.589. The third-order valence-corrected chi connectivity index (χ3v) is 6.17. The minimum absolute atomic E-state index is 0.146. The number of nitrogens with one attached hydrogen (secondary N) is 1. The summed E-state index contributed by atoms with van der Waals surface area (Å²) in [5, 5.41) is 8.50. The van der Waals surface area contributed by atoms with Crippen molar-refractivity contribution in [2.75, 3.05) is 11.1 Å². The summed E-state index contributed by atoms with van der Waals surface area (Å²) >= 11 is 7.24. The van der Waals surface area contributed by atoms with Crippen LogP contribution in [0.1, 0.15) is 28.1 Å². The van der Waals surface area contributed by atoms with Crippen LogP contribution in [0.25, 0.3) is 5.78 Å². The number of fused-ring (bicyclic) bond motifs is 1. The fourth-order valence-electron chi connectivity index (χ4n) is 3.40. The largest absolute Gasteiger partial charge is 0.325 e. The number of hydrogen-bond acceptors (Lipinski definition) is 5. The predicted molar refractivity (Wildman–Crippen MR) is 125 cm³/mol. The van der Waals surface area contributed by atoms with Crippen LogP contribution < -0.4 is 5.32 Å². The normalized spacial score (nSPS) is 11.1. The van der Waals surface area contributed by atoms with Crippen LogP contribution >= 0.6 is 23.4 Å². The molecule has 1 N–H and O–H groups in total. The van der Waals surface area contributed by atoms with E-state index < -0.39 is 0 Å². The number of nitrogens with zero attached hydrogens (tertiary/aromatic N) is 4. The van der Waals surface area contributed by atoms with Gasteiger partial charge in [0.1, 0.15) is 0 Å². The average Bonchev–Trinajstić information content (AvgIpc) is 3.14. The molecule has 1 amide bonds. The molecular weight excluding hydrogens is 430 g/mol. The van der Waals surface area contributed by atoms with Gasteiger partial charge in [-0.15, -0.1) is 5.10 Å². The second kappa shape index (κ2) is 9.08. The molecule has 4 aromatic rings. The summed E-state index contributed by atoms with van der Waals surface area (Å²) < 4.78 is 1.76. The Morgan fingerprint density at radius 2 is 1.90 bits per heavy atom. The summed E-state index contributed by atoms with van der Waals surface area (Å²) in [5.41, 5.74) is 6.27. The van der Waals surface area contributed by atoms with Gasteiger partial charge in [0, 0.05) is 28.5 Å². The minimum atomic E-state index is -0.146. The maximum Gasteiger partial charge on any atom is 0.253 e. The molecule has 0 radical (unpaired) electrons. The lowest BCUT2D eigenvalue weighted by Crippen LogP contribution is -2.14. The van der Waals surface area contributed by atoms with Gasteiger partial charge in [-0.1, -0.05) is 53.7 Å². The lowest BCUT2D eigenvalue weighted by Gasteiger charge is -2.11. The van der Waals surface area contributed by atoms with E-state index in [0.29, 0.717) is 21.6 Å². The van der Waals surface area contributed by atoms with Crippen molar-refractivity contribution in [1.82, 2.24) is 19.6 Å². The molecule has 8 heteroatoms. The van der Waals surface area contributed by atoms with Crippen molar-refractivity contribution in [1.29, 1.82) is 0 Å². The Bertz CT molecular complexity index is 1270. The minimum Gasteiger partial charge on any atom is -0.325 e. The third kappa shape index (κ3) is 4.89. The Morgan fingerprint density at radius 3 is 2.68 bits per heavy atom. The predicted octanol–water partition coefficient (Wildman–Crippen LogP) is 5.02. The molecule has 0 fully saturated rings. The molecule has 2 aromatic heterocycles. The third-order valence-electron chi connectivity index (χ3n) is 5.10. The van der Waals surface area contributed by atoms with Gasteiger partial charge in [0.15, 0.2) is 0 Å². The van der Waals surface area contributed by atoms with E-state index in [4.69, 9.17) is 11.6 Å². The fraction of sp³-hybridized carbons (Fsp3) is 0.217. The van der Waals surface area contributed by atoms with E-state index in [1.165, 1.54) is 22.9 Å². The second-order valence-corrected chi connectivity index (χ2v) is 8.70. The zero-order chi connectivity index (χ0) is 22.0. The first-order valence-electron chi connectivity index (χ1n) is 9.86. The van der Waals surface area contributed by atoms with Crippen LogP contribution in [0.3, 0.4) is 0 Å². The highest BCUT2D eigenvalue weighted by atomic mass is 35.5. The first-order chi connectivity index (χ1) is 14.9. The summed E-state index contributed by atoms with van der Waals surface area (Å²) in [6, 6.07) is 15.4. The number of carbonyl (C=O) groups excluding carboxylic acids is 1. The average molecular weight is 452 g/mol. The smallest absolute Gasteiger partial charge is 0.253 e. The Kier molecular flexibility index (Phi) is 6.25. The molecular formula is C23H22ClN5OS. The highest BCUT2D eigenvalue weighted by Gasteiger charge is 2.15. The van der Waals surface area contributed by atoms with Crippen molar-refractivity contribution in [2.24, 2.45) is 0 Å². The molecule has 0 saturated heterocycles. The van der Waals surface area contributed by atoms with Crippen LogP contribution in [0.4, 0.5) is 5.69 Å². The molecule has 31 heavy (non-hydrogen) atoms. The summed E-state index contributed by atoms with van der Waals surface area (Å²) in [6.45, 7) is 6.15. The van der Waals surface area contributed by atoms with Crippen molar-refractivity contribution in [3.05, 3.63) is 81.6 Å². The van der Waals surface area contributed by atoms with Crippen molar-refractivity contribution < 1.29 is 4.79 Å². The van der Waals surface area contributed by atoms with Gasteiger partial charge in [-0.25, -0.2) is 9.50 Å². The van der Waals surface area contributed by atoms with Gasteiger partial charge < -0.3 is 5.32 Å². The van der Waals surface area contributed by atoms with Crippen molar-refractivity contribution >= 4 is 40.7 Å². The van der Waals surface area contributed by atoms with Gasteiger partial charge in [0.25, 0.3) is 5.78 Å². The van der Waals surface area contributed by atoms with Crippen molar-refractivity contribution in [2.45, 2.75) is 32.3 Å². The zero-order valence-corrected chi connectivity index (χ0v) is 19.1. The monoisotopic (exact) mass is 451 g/mol. The Labute approximate surface area is 190 Å². The number of thioether (sulfide) groups is 1. The Balaban J connectivity index is 1.51. The van der Waals surface area contributed by atoms with Gasteiger partial charge in [0.2, 0.25) is 11.1 Å². The summed E-state index contributed by atoms with van der Waals surface area (Å²) in [4.78, 5) is 21.4. The SMILES string of the molecule is Cc1ccccc1Cc1c(C)nc2nc(SCC(=O)Nc3cccc(Cl)c3)nn2c1C. The van der Waals surface area contributed by atoms with E-state index in [2.05, 4.69) is 45.5 Å². The van der Waals surface area contributed by atoms with Crippen LogP contribution in [0, 0.1) is 20.8 Å². The molecule has 0 saturated carbocycles. The molecule has 0 aliphatic rings. The molecule has 0 bridgehead atoms. The van der Waals surface area contributed by atoms with Gasteiger partial charge in [0.05, 0.1) is 5.75 Å². The Morgan fingerprint density at radius 1 is 1.10 bits per heavy atom. The number of carbonyl (C=O) groups is 1. The van der Waals surface area contributed by atoms with E-state index in [-0.39, 0.29) is 11.7 Å². The molecule has 0 aliphatic heterocycles. The molecule has 6 nitrogen and oxygen atoms in total. The molecule has 4 rings (SSSR count). The summed E-state index contributed by atoms with van der Waals surface area (Å²) in [6.07, 6.45) is 0.789. The molecule has 158 valence electrons. The number of halogens is 1. The molecule has 0 spiro atoms. The van der Waals surface area contributed by atoms with Crippen LogP contribution in [-0.2, 0) is 11.2 Å². The van der Waals surface area contributed by atoms with Gasteiger partial charge in [-0.2, -0.15) is 4.98 Å². The topological polar surface area (TPSA) is 72.2 Å². The quantitative estimate of drug-likeness (QED) is 0.416. The number of anilines is 1. The molecule has 0 atom stereocenters. The number of rotatable bonds is 6. The van der Waals surface area contributed by atoms with Crippen LogP contribution in [0.2, 0.25) is 5.02 Å². The van der Waals surface area contributed by atoms with Crippen molar-refractivity contribution in [3.63, 3.8) is 0 Å². The van der Waals surface area contributed by atoms with Gasteiger partial charge >= 0.3 is 0 Å². The van der Waals surface area contributed by atoms with Crippen molar-refractivity contribution in [3.8, 4) is 0 Å². The molecule has 0 aliphatic carbocycles. The Hall–Kier alpha value is -2.90. The maximum atomic E-state index is 12.3. The van der Waals surface area contributed by atoms with E-state index >= 15 is 0 Å². The molecule has 2 heterocycles. The van der Waals surface area contributed by atoms with Gasteiger partial charge in [-0.3, -0.25) is 4.79 Å². The highest BCUT2D eigenvalue weighted by molar-refractivity contribution is 7.99. The molecule has 0 unspecified atom stereocenters. The fourth-order valence-corrected chi connectivity index (χ4v) is 4.21. The van der Waals surface area contributed by atoms with E-state index in [1.54, 1.807) is 28.8 Å². The number of amides is 1. The standard InChI is InChI=1S/C23H22ClN5OS/c1-14-7-4-5-8-17(14)11-20-15(2)25-22-27-23(28-29(22)16(20)3)31-13-21(30)26-19-10-6-9-18(24)12-19/h4-10,12H,11,13H2,1-3H3,(H,26,30). The van der Waals surface area contributed by atoms with Crippen LogP contribution in [0.5, 0.6) is 0 Å². The first-order valence-corrected chi connectivity index (χ1v) is 11.2. The van der Waals surface area contributed by atoms with Crippen LogP contribution in [0.15, 0.2) is 53.7 Å². The lowest BCUT2D eigenvalue weighted by molar-refractivity contribution is -0.113.